The van der Waals surface area contributed by atoms with Crippen LogP contribution in [0.25, 0.3) is 0 Å². The number of alkyl halides is 3. The van der Waals surface area contributed by atoms with Gasteiger partial charge < -0.3 is 11.1 Å². The monoisotopic (exact) mass is 274 g/mol. The molecular weight excluding hydrogens is 261 g/mol. The molecule has 1 aromatic rings. The number of hydrogen-bond acceptors (Lipinski definition) is 2. The summed E-state index contributed by atoms with van der Waals surface area (Å²) < 4.78 is 38.4. The van der Waals surface area contributed by atoms with Gasteiger partial charge in [0.1, 0.15) is 0 Å². The number of benzene rings is 1. The van der Waals surface area contributed by atoms with Crippen LogP contribution in [0.5, 0.6) is 0 Å². The zero-order chi connectivity index (χ0) is 14.6. The molecule has 5 nitrogen and oxygen atoms in total. The third-order valence-corrected chi connectivity index (χ3v) is 2.30. The van der Waals surface area contributed by atoms with Crippen molar-refractivity contribution < 1.29 is 18.0 Å². The van der Waals surface area contributed by atoms with Gasteiger partial charge in [-0.3, -0.25) is 10.3 Å². The second-order valence-electron chi connectivity index (χ2n) is 3.68. The number of nitrogens with zero attached hydrogens (tertiary/aromatic N) is 1. The van der Waals surface area contributed by atoms with Gasteiger partial charge in [0.15, 0.2) is 5.96 Å². The first-order valence-corrected chi connectivity index (χ1v) is 5.22. The number of para-hydroxylation sites is 1. The van der Waals surface area contributed by atoms with Crippen molar-refractivity contribution in [2.75, 3.05) is 12.4 Å². The van der Waals surface area contributed by atoms with Crippen LogP contribution in [0.4, 0.5) is 23.7 Å². The second-order valence-corrected chi connectivity index (χ2v) is 3.68. The minimum absolute atomic E-state index is 0.195. The van der Waals surface area contributed by atoms with E-state index in [0.717, 1.165) is 6.07 Å². The van der Waals surface area contributed by atoms with Gasteiger partial charge in [-0.15, -0.1) is 0 Å². The molecule has 0 bridgehead atoms. The maximum absolute atomic E-state index is 12.8. The summed E-state index contributed by atoms with van der Waals surface area (Å²) in [7, 11) is 1.34. The number of anilines is 1. The van der Waals surface area contributed by atoms with Crippen LogP contribution >= 0.6 is 0 Å². The highest BCUT2D eigenvalue weighted by atomic mass is 19.4. The van der Waals surface area contributed by atoms with Crippen molar-refractivity contribution in [1.29, 1.82) is 0 Å². The molecule has 0 atom stereocenters. The van der Waals surface area contributed by atoms with E-state index in [4.69, 9.17) is 5.73 Å². The lowest BCUT2D eigenvalue weighted by Gasteiger charge is -2.16. The number of aryl methyl sites for hydroxylation is 1. The summed E-state index contributed by atoms with van der Waals surface area (Å²) in [6.45, 7) is 1.46. The molecule has 8 heteroatoms. The van der Waals surface area contributed by atoms with Crippen molar-refractivity contribution in [1.82, 2.24) is 5.32 Å². The van der Waals surface area contributed by atoms with Crippen molar-refractivity contribution in [2.24, 2.45) is 10.7 Å². The summed E-state index contributed by atoms with van der Waals surface area (Å²) in [5.74, 6) is -0.195. The Morgan fingerprint density at radius 1 is 1.37 bits per heavy atom. The smallest absolute Gasteiger partial charge is 0.370 e. The van der Waals surface area contributed by atoms with Crippen molar-refractivity contribution in [2.45, 2.75) is 13.1 Å². The fourth-order valence-electron chi connectivity index (χ4n) is 1.39. The topological polar surface area (TPSA) is 79.5 Å². The van der Waals surface area contributed by atoms with E-state index in [1.165, 1.54) is 26.1 Å². The van der Waals surface area contributed by atoms with Gasteiger partial charge in [0, 0.05) is 7.05 Å². The third kappa shape index (κ3) is 3.87. The number of urea groups is 1. The molecule has 1 rings (SSSR count). The molecule has 0 saturated heterocycles. The number of nitrogens with one attached hydrogen (secondary N) is 2. The summed E-state index contributed by atoms with van der Waals surface area (Å²) in [6, 6.07) is 2.73. The normalized spacial score (nSPS) is 12.2. The molecule has 0 saturated carbocycles. The van der Waals surface area contributed by atoms with Crippen LogP contribution in [-0.4, -0.2) is 19.0 Å². The zero-order valence-corrected chi connectivity index (χ0v) is 10.3. The number of carbonyl (C=O) groups excluding carboxylic acids is 1. The van der Waals surface area contributed by atoms with E-state index in [1.54, 1.807) is 0 Å². The van der Waals surface area contributed by atoms with E-state index in [1.807, 2.05) is 0 Å². The number of amides is 2. The van der Waals surface area contributed by atoms with Gasteiger partial charge in [0.2, 0.25) is 0 Å². The number of nitrogens with two attached hydrogens (primary N) is 1. The van der Waals surface area contributed by atoms with E-state index < -0.39 is 17.8 Å². The standard InChI is InChI=1S/C11H13F3N4O/c1-6-4-3-5-7(11(12,13)14)8(6)17-10(19)18-9(15)16-2/h3-5H,1-2H3,(H4,15,16,17,18,19). The van der Waals surface area contributed by atoms with E-state index >= 15 is 0 Å². The molecule has 0 aliphatic heterocycles. The van der Waals surface area contributed by atoms with Crippen LogP contribution in [-0.2, 0) is 6.18 Å². The molecule has 0 aliphatic rings. The highest BCUT2D eigenvalue weighted by molar-refractivity contribution is 6.02. The maximum atomic E-state index is 12.8. The molecule has 0 fully saturated rings. The number of guanidine groups is 1. The molecule has 19 heavy (non-hydrogen) atoms. The third-order valence-electron chi connectivity index (χ3n) is 2.30. The quantitative estimate of drug-likeness (QED) is 0.541. The van der Waals surface area contributed by atoms with Crippen molar-refractivity contribution in [3.8, 4) is 0 Å². The van der Waals surface area contributed by atoms with Gasteiger partial charge in [-0.25, -0.2) is 4.79 Å². The second kappa shape index (κ2) is 5.59. The fraction of sp³-hybridized carbons (Fsp3) is 0.273. The summed E-state index contributed by atoms with van der Waals surface area (Å²) in [4.78, 5) is 14.9. The SMILES string of the molecule is CN=C(N)NC(=O)Nc1c(C)cccc1C(F)(F)F. The summed E-state index contributed by atoms with van der Waals surface area (Å²) in [6.07, 6.45) is -4.56. The minimum Gasteiger partial charge on any atom is -0.370 e. The van der Waals surface area contributed by atoms with Gasteiger partial charge in [-0.2, -0.15) is 13.2 Å². The summed E-state index contributed by atoms with van der Waals surface area (Å²) in [5, 5.41) is 4.21. The molecule has 104 valence electrons. The minimum atomic E-state index is -4.56. The molecule has 0 spiro atoms. The van der Waals surface area contributed by atoms with Crippen LogP contribution in [0.1, 0.15) is 11.1 Å². The molecule has 4 N–H and O–H groups in total. The van der Waals surface area contributed by atoms with Gasteiger partial charge >= 0.3 is 12.2 Å². The number of aliphatic imine (C=N–C) groups is 1. The molecule has 2 amide bonds. The van der Waals surface area contributed by atoms with E-state index in [0.29, 0.717) is 0 Å². The van der Waals surface area contributed by atoms with Gasteiger partial charge in [-0.05, 0) is 18.6 Å². The number of rotatable bonds is 1. The Labute approximate surface area is 107 Å². The largest absolute Gasteiger partial charge is 0.418 e. The first-order chi connectivity index (χ1) is 8.75. The van der Waals surface area contributed by atoms with Crippen LogP contribution in [0.15, 0.2) is 23.2 Å². The Hall–Kier alpha value is -2.25. The van der Waals surface area contributed by atoms with Gasteiger partial charge in [-0.1, -0.05) is 12.1 Å². The highest BCUT2D eigenvalue weighted by Crippen LogP contribution is 2.36. The zero-order valence-electron chi connectivity index (χ0n) is 10.3. The molecule has 0 unspecified atom stereocenters. The molecule has 0 aliphatic carbocycles. The Kier molecular flexibility index (Phi) is 4.36. The van der Waals surface area contributed by atoms with E-state index in [9.17, 15) is 18.0 Å². The lowest BCUT2D eigenvalue weighted by molar-refractivity contribution is -0.136. The average Bonchev–Trinajstić information content (AvgIpc) is 2.30. The Morgan fingerprint density at radius 3 is 2.53 bits per heavy atom. The van der Waals surface area contributed by atoms with E-state index in [2.05, 4.69) is 15.6 Å². The average molecular weight is 274 g/mol. The highest BCUT2D eigenvalue weighted by Gasteiger charge is 2.34. The van der Waals surface area contributed by atoms with Crippen LogP contribution < -0.4 is 16.4 Å². The molecule has 0 heterocycles. The van der Waals surface area contributed by atoms with Crippen molar-refractivity contribution >= 4 is 17.7 Å². The Morgan fingerprint density at radius 2 is 2.00 bits per heavy atom. The first kappa shape index (κ1) is 14.8. The summed E-state index contributed by atoms with van der Waals surface area (Å²) in [5.41, 5.74) is 4.30. The predicted molar refractivity (Wildman–Crippen MR) is 65.9 cm³/mol. The van der Waals surface area contributed by atoms with Crippen molar-refractivity contribution in [3.63, 3.8) is 0 Å². The van der Waals surface area contributed by atoms with Crippen LogP contribution in [0.3, 0.4) is 0 Å². The molecular formula is C11H13F3N4O. The first-order valence-electron chi connectivity index (χ1n) is 5.22. The lowest BCUT2D eigenvalue weighted by atomic mass is 10.1. The number of carbonyl (C=O) groups is 1. The predicted octanol–water partition coefficient (Wildman–Crippen LogP) is 2.08. The molecule has 0 aromatic heterocycles. The molecule has 1 aromatic carbocycles. The number of halogens is 3. The van der Waals surface area contributed by atoms with Crippen LogP contribution in [0.2, 0.25) is 0 Å². The summed E-state index contributed by atoms with van der Waals surface area (Å²) >= 11 is 0. The lowest BCUT2D eigenvalue weighted by Crippen LogP contribution is -2.39. The van der Waals surface area contributed by atoms with Gasteiger partial charge in [0.25, 0.3) is 0 Å². The van der Waals surface area contributed by atoms with Crippen molar-refractivity contribution in [3.05, 3.63) is 29.3 Å². The van der Waals surface area contributed by atoms with E-state index in [-0.39, 0.29) is 17.2 Å². The maximum Gasteiger partial charge on any atom is 0.418 e. The fourth-order valence-corrected chi connectivity index (χ4v) is 1.39. The number of hydrogen-bond donors (Lipinski definition) is 3. The Bertz CT molecular complexity index is 511. The molecule has 0 radical (unpaired) electrons. The Balaban J connectivity index is 3.04. The van der Waals surface area contributed by atoms with Gasteiger partial charge in [0.05, 0.1) is 11.3 Å². The van der Waals surface area contributed by atoms with Crippen LogP contribution in [0, 0.1) is 6.92 Å².